The third-order valence-corrected chi connectivity index (χ3v) is 7.85. The van der Waals surface area contributed by atoms with Crippen molar-refractivity contribution in [2.45, 2.75) is 42.8 Å². The van der Waals surface area contributed by atoms with Gasteiger partial charge in [-0.05, 0) is 55.3 Å². The van der Waals surface area contributed by atoms with Gasteiger partial charge < -0.3 is 10.2 Å². The van der Waals surface area contributed by atoms with Gasteiger partial charge in [0, 0.05) is 30.5 Å². The van der Waals surface area contributed by atoms with E-state index in [1.54, 1.807) is 12.4 Å². The van der Waals surface area contributed by atoms with Crippen molar-refractivity contribution >= 4 is 27.1 Å². The van der Waals surface area contributed by atoms with Gasteiger partial charge in [0.05, 0.1) is 29.9 Å². The van der Waals surface area contributed by atoms with Crippen molar-refractivity contribution in [2.75, 3.05) is 23.4 Å². The van der Waals surface area contributed by atoms with E-state index in [0.717, 1.165) is 23.3 Å². The Labute approximate surface area is 213 Å². The third kappa shape index (κ3) is 5.94. The van der Waals surface area contributed by atoms with Crippen molar-refractivity contribution in [2.24, 2.45) is 0 Å². The molecule has 0 spiro atoms. The summed E-state index contributed by atoms with van der Waals surface area (Å²) in [4.78, 5) is 20.1. The highest BCUT2D eigenvalue weighted by molar-refractivity contribution is 7.92. The van der Waals surface area contributed by atoms with Crippen molar-refractivity contribution in [3.05, 3.63) is 84.2 Å². The molecule has 7 nitrogen and oxygen atoms in total. The van der Waals surface area contributed by atoms with Gasteiger partial charge in [-0.25, -0.2) is 8.42 Å². The summed E-state index contributed by atoms with van der Waals surface area (Å²) in [7, 11) is -5.40. The lowest BCUT2D eigenvalue weighted by molar-refractivity contribution is -0.115. The number of aromatic nitrogens is 1. The highest BCUT2D eigenvalue weighted by atomic mass is 32.2. The zero-order valence-electron chi connectivity index (χ0n) is 20.4. The topological polar surface area (TPSA) is 82.6 Å². The Morgan fingerprint density at radius 1 is 1.05 bits per heavy atom. The summed E-state index contributed by atoms with van der Waals surface area (Å²) in [6, 6.07) is 16.0. The van der Waals surface area contributed by atoms with Crippen LogP contribution in [0.2, 0.25) is 0 Å². The molecule has 11 heteroatoms. The molecular formula is C26H27F3N4O3S. The molecule has 0 saturated carbocycles. The number of alkyl halides is 3. The largest absolute Gasteiger partial charge is 0.501 e. The summed E-state index contributed by atoms with van der Waals surface area (Å²) < 4.78 is 61.9. The first-order valence-corrected chi connectivity index (χ1v) is 13.0. The maximum atomic E-state index is 12.9. The normalized spacial score (nSPS) is 16.1. The Morgan fingerprint density at radius 3 is 2.38 bits per heavy atom. The summed E-state index contributed by atoms with van der Waals surface area (Å²) in [5.41, 5.74) is -2.67. The molecule has 1 N–H and O–H groups in total. The van der Waals surface area contributed by atoms with Crippen molar-refractivity contribution in [3.63, 3.8) is 0 Å². The van der Waals surface area contributed by atoms with Gasteiger partial charge in [-0.1, -0.05) is 30.3 Å². The second kappa shape index (κ2) is 10.1. The number of pyridine rings is 1. The Morgan fingerprint density at radius 2 is 1.73 bits per heavy atom. The van der Waals surface area contributed by atoms with E-state index in [1.807, 2.05) is 55.1 Å². The molecule has 0 atom stereocenters. The molecule has 1 saturated heterocycles. The van der Waals surface area contributed by atoms with Gasteiger partial charge in [0.25, 0.3) is 9.84 Å². The first-order valence-electron chi connectivity index (χ1n) is 11.5. The average Bonchev–Trinajstić information content (AvgIpc) is 3.14. The minimum Gasteiger partial charge on any atom is -0.357 e. The molecule has 0 radical (unpaired) electrons. The first-order chi connectivity index (χ1) is 17.4. The number of carbonyl (C=O) groups excluding carboxylic acids is 1. The van der Waals surface area contributed by atoms with Crippen LogP contribution >= 0.6 is 0 Å². The summed E-state index contributed by atoms with van der Waals surface area (Å²) in [6.07, 6.45) is 3.50. The molecule has 1 aliphatic heterocycles. The molecule has 196 valence electrons. The smallest absolute Gasteiger partial charge is 0.357 e. The van der Waals surface area contributed by atoms with Crippen LogP contribution in [0, 0.1) is 0 Å². The lowest BCUT2D eigenvalue weighted by Crippen LogP contribution is -2.39. The summed E-state index contributed by atoms with van der Waals surface area (Å²) in [5, 5.41) is 2.95. The van der Waals surface area contributed by atoms with E-state index < -0.39 is 20.2 Å². The van der Waals surface area contributed by atoms with E-state index >= 15 is 0 Å². The molecule has 0 unspecified atom stereocenters. The first kappa shape index (κ1) is 26.6. The monoisotopic (exact) mass is 532 g/mol. The third-order valence-electron chi connectivity index (χ3n) is 6.35. The van der Waals surface area contributed by atoms with E-state index in [-0.39, 0.29) is 17.9 Å². The van der Waals surface area contributed by atoms with Gasteiger partial charge in [0.2, 0.25) is 5.91 Å². The zero-order chi connectivity index (χ0) is 26.8. The summed E-state index contributed by atoms with van der Waals surface area (Å²) in [5.74, 6) is -0.156. The molecular weight excluding hydrogens is 505 g/mol. The molecule has 1 fully saturated rings. The van der Waals surface area contributed by atoms with Crippen molar-refractivity contribution in [3.8, 4) is 0 Å². The summed E-state index contributed by atoms with van der Waals surface area (Å²) >= 11 is 0. The predicted molar refractivity (Wildman–Crippen MR) is 135 cm³/mol. The SMILES string of the molecule is CC1(C)CN(c2ccc(S(=O)(=O)C(F)(F)F)cc2)CN1Cc1ccncc1NC(=O)Cc1ccccc1. The van der Waals surface area contributed by atoms with Crippen LogP contribution in [0.1, 0.15) is 25.0 Å². The number of sulfone groups is 1. The predicted octanol–water partition coefficient (Wildman–Crippen LogP) is 4.61. The standard InChI is InChI=1S/C26H27F3N4O3S/c1-25(2)17-32(21-8-10-22(11-9-21)37(35,36)26(27,28)29)18-33(25)16-20-12-13-30-15-23(20)31-24(34)14-19-6-4-3-5-7-19/h3-13,15H,14,16-18H2,1-2H3,(H,31,34). The van der Waals surface area contributed by atoms with Crippen LogP contribution < -0.4 is 10.2 Å². The van der Waals surface area contributed by atoms with E-state index in [4.69, 9.17) is 0 Å². The highest BCUT2D eigenvalue weighted by Crippen LogP contribution is 2.34. The van der Waals surface area contributed by atoms with Crippen LogP contribution in [-0.2, 0) is 27.6 Å². The molecule has 3 aromatic rings. The quantitative estimate of drug-likeness (QED) is 0.479. The second-order valence-corrected chi connectivity index (χ2v) is 11.5. The Balaban J connectivity index is 1.47. The Kier molecular flexibility index (Phi) is 7.29. The highest BCUT2D eigenvalue weighted by Gasteiger charge is 2.47. The average molecular weight is 533 g/mol. The lowest BCUT2D eigenvalue weighted by Gasteiger charge is -2.30. The van der Waals surface area contributed by atoms with Crippen LogP contribution in [0.25, 0.3) is 0 Å². The zero-order valence-corrected chi connectivity index (χ0v) is 21.2. The Bertz CT molecular complexity index is 1360. The van der Waals surface area contributed by atoms with Gasteiger partial charge >= 0.3 is 5.51 Å². The number of amides is 1. The number of rotatable bonds is 7. The minimum absolute atomic E-state index is 0.156. The molecule has 37 heavy (non-hydrogen) atoms. The molecule has 1 aromatic heterocycles. The number of hydrogen-bond donors (Lipinski definition) is 1. The minimum atomic E-state index is -5.40. The molecule has 0 bridgehead atoms. The lowest BCUT2D eigenvalue weighted by atomic mass is 10.0. The van der Waals surface area contributed by atoms with E-state index in [0.29, 0.717) is 31.1 Å². The number of carbonyl (C=O) groups is 1. The van der Waals surface area contributed by atoms with Gasteiger partial charge in [0.15, 0.2) is 0 Å². The molecule has 0 aliphatic carbocycles. The fourth-order valence-electron chi connectivity index (χ4n) is 4.28. The maximum Gasteiger partial charge on any atom is 0.501 e. The Hall–Kier alpha value is -3.44. The van der Waals surface area contributed by atoms with Gasteiger partial charge in [-0.15, -0.1) is 0 Å². The number of nitrogens with one attached hydrogen (secondary N) is 1. The summed E-state index contributed by atoms with van der Waals surface area (Å²) in [6.45, 7) is 5.61. The molecule has 2 aromatic carbocycles. The maximum absolute atomic E-state index is 12.9. The van der Waals surface area contributed by atoms with Crippen LogP contribution in [0.5, 0.6) is 0 Å². The number of halogens is 3. The van der Waals surface area contributed by atoms with Crippen LogP contribution in [0.3, 0.4) is 0 Å². The van der Waals surface area contributed by atoms with Crippen LogP contribution in [0.4, 0.5) is 24.5 Å². The van der Waals surface area contributed by atoms with Crippen molar-refractivity contribution in [1.82, 2.24) is 9.88 Å². The van der Waals surface area contributed by atoms with Crippen molar-refractivity contribution < 1.29 is 26.4 Å². The van der Waals surface area contributed by atoms with Gasteiger partial charge in [-0.3, -0.25) is 14.7 Å². The number of benzene rings is 2. The van der Waals surface area contributed by atoms with E-state index in [1.165, 1.54) is 12.1 Å². The fourth-order valence-corrected chi connectivity index (χ4v) is 5.04. The fraction of sp³-hybridized carbons (Fsp3) is 0.308. The molecule has 4 rings (SSSR count). The van der Waals surface area contributed by atoms with Crippen molar-refractivity contribution in [1.29, 1.82) is 0 Å². The number of nitrogens with zero attached hydrogens (tertiary/aromatic N) is 3. The second-order valence-electron chi connectivity index (χ2n) is 9.54. The van der Waals surface area contributed by atoms with Crippen LogP contribution in [-0.4, -0.2) is 48.5 Å². The van der Waals surface area contributed by atoms with Gasteiger partial charge in [-0.2, -0.15) is 13.2 Å². The van der Waals surface area contributed by atoms with E-state index in [9.17, 15) is 26.4 Å². The number of anilines is 2. The van der Waals surface area contributed by atoms with Crippen LogP contribution in [0.15, 0.2) is 78.0 Å². The molecule has 2 heterocycles. The molecule has 1 amide bonds. The van der Waals surface area contributed by atoms with E-state index in [2.05, 4.69) is 15.2 Å². The molecule has 1 aliphatic rings. The number of hydrogen-bond acceptors (Lipinski definition) is 6. The van der Waals surface area contributed by atoms with Gasteiger partial charge in [0.1, 0.15) is 0 Å².